The molecule has 2 aromatic rings. The first-order chi connectivity index (χ1) is 7.75. The number of rotatable bonds is 5. The molecule has 0 saturated heterocycles. The van der Waals surface area contributed by atoms with E-state index in [9.17, 15) is 0 Å². The molecular weight excluding hydrogens is 198 g/mol. The highest BCUT2D eigenvalue weighted by atomic mass is 16.3. The Bertz CT molecular complexity index is 412. The fourth-order valence-electron chi connectivity index (χ4n) is 1.81. The number of nitrogens with one attached hydrogen (secondary N) is 1. The van der Waals surface area contributed by atoms with E-state index in [1.54, 1.807) is 0 Å². The Hall–Kier alpha value is -1.28. The average Bonchev–Trinajstić information content (AvgIpc) is 2.66. The molecule has 0 unspecified atom stereocenters. The van der Waals surface area contributed by atoms with Gasteiger partial charge in [0.25, 0.3) is 0 Å². The molecule has 2 rings (SSSR count). The highest BCUT2D eigenvalue weighted by Crippen LogP contribution is 2.19. The minimum absolute atomic E-state index is 0.565. The normalized spacial score (nSPS) is 11.4. The zero-order chi connectivity index (χ0) is 11.4. The fourth-order valence-corrected chi connectivity index (χ4v) is 1.81. The molecule has 0 atom stereocenters. The Labute approximate surface area is 96.6 Å². The van der Waals surface area contributed by atoms with Crippen LogP contribution in [0.25, 0.3) is 11.0 Å². The van der Waals surface area contributed by atoms with Crippen LogP contribution in [0.5, 0.6) is 0 Å². The maximum absolute atomic E-state index is 5.75. The largest absolute Gasteiger partial charge is 0.461 e. The first-order valence-corrected chi connectivity index (χ1v) is 5.96. The van der Waals surface area contributed by atoms with Gasteiger partial charge in [0.1, 0.15) is 11.3 Å². The minimum atomic E-state index is 0.565. The van der Waals surface area contributed by atoms with Crippen molar-refractivity contribution < 1.29 is 4.42 Å². The van der Waals surface area contributed by atoms with Crippen LogP contribution in [0.3, 0.4) is 0 Å². The summed E-state index contributed by atoms with van der Waals surface area (Å²) in [5.41, 5.74) is 0.995. The third-order valence-corrected chi connectivity index (χ3v) is 2.63. The topological polar surface area (TPSA) is 25.2 Å². The monoisotopic (exact) mass is 217 g/mol. The Kier molecular flexibility index (Phi) is 3.62. The van der Waals surface area contributed by atoms with E-state index in [4.69, 9.17) is 4.42 Å². The molecule has 16 heavy (non-hydrogen) atoms. The second kappa shape index (κ2) is 5.17. The number of hydrogen-bond acceptors (Lipinski definition) is 2. The van der Waals surface area contributed by atoms with Crippen LogP contribution in [0, 0.1) is 0 Å². The van der Waals surface area contributed by atoms with Crippen molar-refractivity contribution in [1.82, 2.24) is 5.32 Å². The molecule has 86 valence electrons. The predicted molar refractivity (Wildman–Crippen MR) is 67.7 cm³/mol. The molecule has 1 aromatic heterocycles. The standard InChI is InChI=1S/C14H19NO/c1-11(2)15-9-5-7-13-10-12-6-3-4-8-14(12)16-13/h3-4,6,8,10-11,15H,5,7,9H2,1-2H3. The summed E-state index contributed by atoms with van der Waals surface area (Å²) >= 11 is 0. The molecule has 0 spiro atoms. The van der Waals surface area contributed by atoms with E-state index < -0.39 is 0 Å². The van der Waals surface area contributed by atoms with E-state index in [-0.39, 0.29) is 0 Å². The quantitative estimate of drug-likeness (QED) is 0.777. The van der Waals surface area contributed by atoms with Gasteiger partial charge >= 0.3 is 0 Å². The van der Waals surface area contributed by atoms with Crippen LogP contribution in [-0.2, 0) is 6.42 Å². The smallest absolute Gasteiger partial charge is 0.134 e. The van der Waals surface area contributed by atoms with Crippen LogP contribution in [0.15, 0.2) is 34.7 Å². The molecule has 0 saturated carbocycles. The number of fused-ring (bicyclic) bond motifs is 1. The van der Waals surface area contributed by atoms with E-state index in [0.29, 0.717) is 6.04 Å². The van der Waals surface area contributed by atoms with E-state index in [0.717, 1.165) is 30.7 Å². The van der Waals surface area contributed by atoms with Crippen molar-refractivity contribution in [3.63, 3.8) is 0 Å². The molecule has 0 aliphatic heterocycles. The average molecular weight is 217 g/mol. The lowest BCUT2D eigenvalue weighted by Crippen LogP contribution is -2.23. The van der Waals surface area contributed by atoms with Gasteiger partial charge < -0.3 is 9.73 Å². The highest BCUT2D eigenvalue weighted by molar-refractivity contribution is 5.77. The first kappa shape index (κ1) is 11.2. The van der Waals surface area contributed by atoms with Gasteiger partial charge in [-0.05, 0) is 25.1 Å². The van der Waals surface area contributed by atoms with Gasteiger partial charge in [-0.15, -0.1) is 0 Å². The Morgan fingerprint density at radius 2 is 2.06 bits per heavy atom. The highest BCUT2D eigenvalue weighted by Gasteiger charge is 2.02. The summed E-state index contributed by atoms with van der Waals surface area (Å²) in [6, 6.07) is 10.9. The molecule has 2 nitrogen and oxygen atoms in total. The van der Waals surface area contributed by atoms with Crippen molar-refractivity contribution in [2.45, 2.75) is 32.7 Å². The minimum Gasteiger partial charge on any atom is -0.461 e. The number of aryl methyl sites for hydroxylation is 1. The number of furan rings is 1. The Morgan fingerprint density at radius 1 is 1.25 bits per heavy atom. The van der Waals surface area contributed by atoms with Gasteiger partial charge in [0, 0.05) is 17.8 Å². The van der Waals surface area contributed by atoms with E-state index in [2.05, 4.69) is 31.3 Å². The lowest BCUT2D eigenvalue weighted by atomic mass is 10.2. The maximum Gasteiger partial charge on any atom is 0.134 e. The molecule has 0 aliphatic carbocycles. The van der Waals surface area contributed by atoms with Crippen LogP contribution >= 0.6 is 0 Å². The summed E-state index contributed by atoms with van der Waals surface area (Å²) in [5, 5.41) is 4.61. The van der Waals surface area contributed by atoms with Crippen molar-refractivity contribution in [2.75, 3.05) is 6.54 Å². The third-order valence-electron chi connectivity index (χ3n) is 2.63. The van der Waals surface area contributed by atoms with Crippen molar-refractivity contribution in [3.05, 3.63) is 36.1 Å². The Balaban J connectivity index is 1.89. The SMILES string of the molecule is CC(C)NCCCc1cc2ccccc2o1. The third kappa shape index (κ3) is 2.86. The van der Waals surface area contributed by atoms with Crippen LogP contribution in [0.1, 0.15) is 26.0 Å². The van der Waals surface area contributed by atoms with Crippen molar-refractivity contribution in [1.29, 1.82) is 0 Å². The summed E-state index contributed by atoms with van der Waals surface area (Å²) in [5.74, 6) is 1.09. The molecule has 0 radical (unpaired) electrons. The molecule has 0 aliphatic rings. The zero-order valence-corrected chi connectivity index (χ0v) is 9.99. The Morgan fingerprint density at radius 3 is 2.81 bits per heavy atom. The van der Waals surface area contributed by atoms with Gasteiger partial charge in [-0.3, -0.25) is 0 Å². The summed E-state index contributed by atoms with van der Waals surface area (Å²) < 4.78 is 5.75. The van der Waals surface area contributed by atoms with Crippen LogP contribution in [0.2, 0.25) is 0 Å². The van der Waals surface area contributed by atoms with Gasteiger partial charge in [-0.2, -0.15) is 0 Å². The summed E-state index contributed by atoms with van der Waals surface area (Å²) in [4.78, 5) is 0. The van der Waals surface area contributed by atoms with Gasteiger partial charge in [0.15, 0.2) is 0 Å². The second-order valence-corrected chi connectivity index (χ2v) is 4.46. The number of benzene rings is 1. The van der Waals surface area contributed by atoms with Crippen molar-refractivity contribution >= 4 is 11.0 Å². The lowest BCUT2D eigenvalue weighted by molar-refractivity contribution is 0.514. The van der Waals surface area contributed by atoms with Crippen molar-refractivity contribution in [3.8, 4) is 0 Å². The van der Waals surface area contributed by atoms with Crippen LogP contribution in [-0.4, -0.2) is 12.6 Å². The molecule has 0 fully saturated rings. The van der Waals surface area contributed by atoms with E-state index >= 15 is 0 Å². The molecule has 0 amide bonds. The van der Waals surface area contributed by atoms with Gasteiger partial charge in [-0.25, -0.2) is 0 Å². The van der Waals surface area contributed by atoms with E-state index in [1.807, 2.05) is 18.2 Å². The zero-order valence-electron chi connectivity index (χ0n) is 9.99. The van der Waals surface area contributed by atoms with Crippen LogP contribution < -0.4 is 5.32 Å². The molecule has 0 bridgehead atoms. The first-order valence-electron chi connectivity index (χ1n) is 5.96. The van der Waals surface area contributed by atoms with E-state index in [1.165, 1.54) is 5.39 Å². The summed E-state index contributed by atoms with van der Waals surface area (Å²) in [6.07, 6.45) is 2.13. The molecule has 1 aromatic carbocycles. The lowest BCUT2D eigenvalue weighted by Gasteiger charge is -2.06. The van der Waals surface area contributed by atoms with Gasteiger partial charge in [0.05, 0.1) is 0 Å². The number of para-hydroxylation sites is 1. The predicted octanol–water partition coefficient (Wildman–Crippen LogP) is 3.36. The van der Waals surface area contributed by atoms with Crippen molar-refractivity contribution in [2.24, 2.45) is 0 Å². The fraction of sp³-hybridized carbons (Fsp3) is 0.429. The molecular formula is C14H19NO. The maximum atomic E-state index is 5.75. The molecule has 1 heterocycles. The van der Waals surface area contributed by atoms with Gasteiger partial charge in [-0.1, -0.05) is 32.0 Å². The summed E-state index contributed by atoms with van der Waals surface area (Å²) in [7, 11) is 0. The van der Waals surface area contributed by atoms with Gasteiger partial charge in [0.2, 0.25) is 0 Å². The second-order valence-electron chi connectivity index (χ2n) is 4.46. The van der Waals surface area contributed by atoms with Crippen LogP contribution in [0.4, 0.5) is 0 Å². The number of hydrogen-bond donors (Lipinski definition) is 1. The summed E-state index contributed by atoms with van der Waals surface area (Å²) in [6.45, 7) is 5.39. The molecule has 1 N–H and O–H groups in total. The molecule has 2 heteroatoms.